The minimum atomic E-state index is -0.215. The lowest BCUT2D eigenvalue weighted by molar-refractivity contribution is -0.122. The molecule has 1 aromatic carbocycles. The normalized spacial score (nSPS) is 12.2. The van der Waals surface area contributed by atoms with E-state index in [2.05, 4.69) is 26.6 Å². The van der Waals surface area contributed by atoms with Crippen LogP contribution in [0, 0.1) is 0 Å². The summed E-state index contributed by atoms with van der Waals surface area (Å²) < 4.78 is 0.872. The Labute approximate surface area is 109 Å². The van der Waals surface area contributed by atoms with Crippen LogP contribution in [-0.2, 0) is 11.3 Å². The van der Waals surface area contributed by atoms with E-state index in [0.717, 1.165) is 10.0 Å². The highest BCUT2D eigenvalue weighted by atomic mass is 79.9. The topological polar surface area (TPSA) is 41.1 Å². The van der Waals surface area contributed by atoms with Gasteiger partial charge in [0.1, 0.15) is 0 Å². The van der Waals surface area contributed by atoms with Gasteiger partial charge in [0.25, 0.3) is 0 Å². The van der Waals surface area contributed by atoms with E-state index >= 15 is 0 Å². The van der Waals surface area contributed by atoms with Crippen LogP contribution in [0.5, 0.6) is 0 Å². The monoisotopic (exact) mass is 304 g/mol. The Morgan fingerprint density at radius 3 is 2.81 bits per heavy atom. The molecule has 1 aromatic rings. The van der Waals surface area contributed by atoms with Gasteiger partial charge < -0.3 is 10.6 Å². The van der Waals surface area contributed by atoms with E-state index in [0.29, 0.717) is 11.6 Å². The van der Waals surface area contributed by atoms with E-state index in [1.807, 2.05) is 25.1 Å². The average molecular weight is 306 g/mol. The second kappa shape index (κ2) is 6.23. The maximum absolute atomic E-state index is 11.2. The van der Waals surface area contributed by atoms with Crippen LogP contribution in [0.2, 0.25) is 5.02 Å². The number of rotatable bonds is 4. The molecule has 88 valence electrons. The highest BCUT2D eigenvalue weighted by molar-refractivity contribution is 9.10. The molecule has 5 heteroatoms. The molecule has 0 heterocycles. The van der Waals surface area contributed by atoms with Crippen molar-refractivity contribution in [2.24, 2.45) is 0 Å². The molecular formula is C11H14BrClN2O. The molecule has 0 fully saturated rings. The third kappa shape index (κ3) is 3.77. The Kier molecular flexibility index (Phi) is 5.25. The van der Waals surface area contributed by atoms with Gasteiger partial charge in [0, 0.05) is 18.1 Å². The summed E-state index contributed by atoms with van der Waals surface area (Å²) in [5.74, 6) is -0.0248. The molecule has 1 rings (SSSR count). The first kappa shape index (κ1) is 13.5. The minimum Gasteiger partial charge on any atom is -0.358 e. The summed E-state index contributed by atoms with van der Waals surface area (Å²) in [7, 11) is 1.62. The molecule has 16 heavy (non-hydrogen) atoms. The van der Waals surface area contributed by atoms with Crippen LogP contribution in [0.25, 0.3) is 0 Å². The lowest BCUT2D eigenvalue weighted by Gasteiger charge is -2.12. The summed E-state index contributed by atoms with van der Waals surface area (Å²) in [5.41, 5.74) is 1.05. The van der Waals surface area contributed by atoms with Crippen LogP contribution in [0.1, 0.15) is 12.5 Å². The van der Waals surface area contributed by atoms with Crippen molar-refractivity contribution in [3.8, 4) is 0 Å². The first-order valence-corrected chi connectivity index (χ1v) is 6.10. The lowest BCUT2D eigenvalue weighted by atomic mass is 10.2. The Bertz CT molecular complexity index is 384. The third-order valence-corrected chi connectivity index (χ3v) is 3.47. The quantitative estimate of drug-likeness (QED) is 0.896. The zero-order chi connectivity index (χ0) is 12.1. The zero-order valence-corrected chi connectivity index (χ0v) is 11.5. The number of nitrogens with one attached hydrogen (secondary N) is 2. The molecule has 0 saturated carbocycles. The van der Waals surface area contributed by atoms with E-state index in [4.69, 9.17) is 11.6 Å². The second-order valence-corrected chi connectivity index (χ2v) is 4.73. The smallest absolute Gasteiger partial charge is 0.236 e. The molecule has 3 nitrogen and oxygen atoms in total. The lowest BCUT2D eigenvalue weighted by Crippen LogP contribution is -2.40. The van der Waals surface area contributed by atoms with Gasteiger partial charge in [0.2, 0.25) is 5.91 Å². The maximum atomic E-state index is 11.2. The fourth-order valence-corrected chi connectivity index (χ4v) is 1.68. The highest BCUT2D eigenvalue weighted by Gasteiger charge is 2.09. The Hall–Kier alpha value is -0.580. The highest BCUT2D eigenvalue weighted by Crippen LogP contribution is 2.23. The van der Waals surface area contributed by atoms with E-state index < -0.39 is 0 Å². The van der Waals surface area contributed by atoms with Crippen molar-refractivity contribution in [3.05, 3.63) is 33.3 Å². The van der Waals surface area contributed by atoms with E-state index in [-0.39, 0.29) is 11.9 Å². The molecule has 0 aliphatic carbocycles. The molecule has 2 N–H and O–H groups in total. The summed E-state index contributed by atoms with van der Waals surface area (Å²) in [4.78, 5) is 11.2. The SMILES string of the molecule is CNC(=O)C(C)NCc1ccc(Br)c(Cl)c1. The first-order valence-electron chi connectivity index (χ1n) is 4.93. The molecule has 0 bridgehead atoms. The van der Waals surface area contributed by atoms with Crippen molar-refractivity contribution in [2.75, 3.05) is 7.05 Å². The summed E-state index contributed by atoms with van der Waals surface area (Å²) in [6, 6.07) is 5.51. The molecule has 0 aliphatic rings. The number of carbonyl (C=O) groups is 1. The van der Waals surface area contributed by atoms with Crippen LogP contribution in [0.4, 0.5) is 0 Å². The average Bonchev–Trinajstić information content (AvgIpc) is 2.29. The van der Waals surface area contributed by atoms with E-state index in [9.17, 15) is 4.79 Å². The predicted octanol–water partition coefficient (Wildman–Crippen LogP) is 2.33. The second-order valence-electron chi connectivity index (χ2n) is 3.47. The number of carbonyl (C=O) groups excluding carboxylic acids is 1. The standard InChI is InChI=1S/C11H14BrClN2O/c1-7(11(16)14-2)15-6-8-3-4-9(12)10(13)5-8/h3-5,7,15H,6H2,1-2H3,(H,14,16). The largest absolute Gasteiger partial charge is 0.358 e. The molecule has 1 amide bonds. The summed E-state index contributed by atoms with van der Waals surface area (Å²) in [6.45, 7) is 2.43. The summed E-state index contributed by atoms with van der Waals surface area (Å²) in [5, 5.41) is 6.37. The van der Waals surface area contributed by atoms with E-state index in [1.54, 1.807) is 7.05 Å². The molecule has 1 unspecified atom stereocenters. The van der Waals surface area contributed by atoms with Gasteiger partial charge in [0.05, 0.1) is 11.1 Å². The molecule has 0 saturated heterocycles. The van der Waals surface area contributed by atoms with Gasteiger partial charge in [-0.2, -0.15) is 0 Å². The van der Waals surface area contributed by atoms with Gasteiger partial charge in [-0.1, -0.05) is 17.7 Å². The zero-order valence-electron chi connectivity index (χ0n) is 9.18. The van der Waals surface area contributed by atoms with Gasteiger partial charge in [-0.15, -0.1) is 0 Å². The minimum absolute atomic E-state index is 0.0248. The fraction of sp³-hybridized carbons (Fsp3) is 0.364. The molecule has 0 aromatic heterocycles. The molecule has 0 spiro atoms. The number of likely N-dealkylation sites (N-methyl/N-ethyl adjacent to an activating group) is 1. The number of hydrogen-bond donors (Lipinski definition) is 2. The molecule has 0 radical (unpaired) electrons. The summed E-state index contributed by atoms with van der Waals surface area (Å²) in [6.07, 6.45) is 0. The van der Waals surface area contributed by atoms with Crippen molar-refractivity contribution in [1.29, 1.82) is 0 Å². The Morgan fingerprint density at radius 1 is 1.56 bits per heavy atom. The number of hydrogen-bond acceptors (Lipinski definition) is 2. The number of benzene rings is 1. The van der Waals surface area contributed by atoms with Crippen LogP contribution in [0.3, 0.4) is 0 Å². The van der Waals surface area contributed by atoms with Crippen LogP contribution in [-0.4, -0.2) is 19.0 Å². The van der Waals surface area contributed by atoms with Crippen LogP contribution >= 0.6 is 27.5 Å². The first-order chi connectivity index (χ1) is 7.54. The van der Waals surface area contributed by atoms with Crippen molar-refractivity contribution in [1.82, 2.24) is 10.6 Å². The predicted molar refractivity (Wildman–Crippen MR) is 69.5 cm³/mol. The maximum Gasteiger partial charge on any atom is 0.236 e. The Morgan fingerprint density at radius 2 is 2.25 bits per heavy atom. The molecule has 0 aliphatic heterocycles. The van der Waals surface area contributed by atoms with Crippen LogP contribution < -0.4 is 10.6 Å². The van der Waals surface area contributed by atoms with E-state index in [1.165, 1.54) is 0 Å². The van der Waals surface area contributed by atoms with Crippen molar-refractivity contribution in [3.63, 3.8) is 0 Å². The molecular weight excluding hydrogens is 291 g/mol. The number of halogens is 2. The fourth-order valence-electron chi connectivity index (χ4n) is 1.23. The van der Waals surface area contributed by atoms with Gasteiger partial charge in [-0.05, 0) is 40.5 Å². The van der Waals surface area contributed by atoms with Gasteiger partial charge in [0.15, 0.2) is 0 Å². The van der Waals surface area contributed by atoms with Crippen LogP contribution in [0.15, 0.2) is 22.7 Å². The van der Waals surface area contributed by atoms with Crippen molar-refractivity contribution < 1.29 is 4.79 Å². The molecule has 1 atom stereocenters. The van der Waals surface area contributed by atoms with Gasteiger partial charge in [-0.25, -0.2) is 0 Å². The third-order valence-electron chi connectivity index (χ3n) is 2.24. The van der Waals surface area contributed by atoms with Crippen molar-refractivity contribution >= 4 is 33.4 Å². The van der Waals surface area contributed by atoms with Crippen molar-refractivity contribution in [2.45, 2.75) is 19.5 Å². The summed E-state index contributed by atoms with van der Waals surface area (Å²) >= 11 is 9.29. The Balaban J connectivity index is 2.55. The van der Waals surface area contributed by atoms with Gasteiger partial charge >= 0.3 is 0 Å². The number of amides is 1. The van der Waals surface area contributed by atoms with Gasteiger partial charge in [-0.3, -0.25) is 4.79 Å².